The van der Waals surface area contributed by atoms with Crippen LogP contribution in [0.4, 0.5) is 20.2 Å². The molecule has 0 amide bonds. The van der Waals surface area contributed by atoms with Gasteiger partial charge in [-0.15, -0.1) is 0 Å². The number of benzene rings is 1. The fraction of sp³-hybridized carbons (Fsp3) is 0.154. The summed E-state index contributed by atoms with van der Waals surface area (Å²) >= 11 is 5.87. The van der Waals surface area contributed by atoms with E-state index in [0.717, 1.165) is 11.6 Å². The Hall–Kier alpha value is -2.28. The minimum absolute atomic E-state index is 0.0410. The van der Waals surface area contributed by atoms with Gasteiger partial charge in [0.25, 0.3) is 0 Å². The van der Waals surface area contributed by atoms with Gasteiger partial charge in [0.05, 0.1) is 10.6 Å². The van der Waals surface area contributed by atoms with Crippen LogP contribution in [0, 0.1) is 28.7 Å². The second-order valence-electron chi connectivity index (χ2n) is 4.36. The lowest BCUT2D eigenvalue weighted by Gasteiger charge is -2.09. The first kappa shape index (κ1) is 15.1. The van der Waals surface area contributed by atoms with Crippen molar-refractivity contribution in [1.29, 1.82) is 0 Å². The fourth-order valence-electron chi connectivity index (χ4n) is 1.72. The maximum absolute atomic E-state index is 13.6. The molecule has 0 aliphatic rings. The topological polar surface area (TPSA) is 68.1 Å². The first-order valence-electron chi connectivity index (χ1n) is 5.87. The van der Waals surface area contributed by atoms with Crippen molar-refractivity contribution in [3.8, 4) is 0 Å². The number of nitro groups is 1. The van der Waals surface area contributed by atoms with E-state index in [-0.39, 0.29) is 17.3 Å². The molecule has 1 heterocycles. The third-order valence-corrected chi connectivity index (χ3v) is 3.06. The van der Waals surface area contributed by atoms with Crippen molar-refractivity contribution in [2.24, 2.45) is 0 Å². The molecule has 0 saturated heterocycles. The molecule has 0 fully saturated rings. The van der Waals surface area contributed by atoms with Gasteiger partial charge >= 0.3 is 5.69 Å². The summed E-state index contributed by atoms with van der Waals surface area (Å²) in [6.45, 7) is 1.72. The third kappa shape index (κ3) is 3.43. The van der Waals surface area contributed by atoms with Gasteiger partial charge in [-0.3, -0.25) is 10.1 Å². The summed E-state index contributed by atoms with van der Waals surface area (Å²) in [5, 5.41) is 13.7. The van der Waals surface area contributed by atoms with Crippen molar-refractivity contribution in [3.63, 3.8) is 0 Å². The van der Waals surface area contributed by atoms with Crippen LogP contribution in [0.1, 0.15) is 11.1 Å². The summed E-state index contributed by atoms with van der Waals surface area (Å²) < 4.78 is 26.9. The fourth-order valence-corrected chi connectivity index (χ4v) is 1.89. The van der Waals surface area contributed by atoms with Crippen LogP contribution in [-0.2, 0) is 6.54 Å². The zero-order valence-corrected chi connectivity index (χ0v) is 11.6. The lowest BCUT2D eigenvalue weighted by Crippen LogP contribution is -2.05. The number of nitrogens with one attached hydrogen (secondary N) is 1. The number of rotatable bonds is 4. The van der Waals surface area contributed by atoms with Crippen molar-refractivity contribution < 1.29 is 13.7 Å². The molecule has 1 aromatic heterocycles. The number of nitro benzene ring substituents is 1. The lowest BCUT2D eigenvalue weighted by atomic mass is 10.1. The Morgan fingerprint density at radius 2 is 2.05 bits per heavy atom. The molecular weight excluding hydrogens is 304 g/mol. The summed E-state index contributed by atoms with van der Waals surface area (Å²) in [5.74, 6) is -2.08. The number of nitrogens with zero attached hydrogens (tertiary/aromatic N) is 2. The van der Waals surface area contributed by atoms with Crippen LogP contribution in [-0.4, -0.2) is 9.91 Å². The third-order valence-electron chi connectivity index (χ3n) is 2.76. The highest BCUT2D eigenvalue weighted by atomic mass is 35.5. The molecule has 110 valence electrons. The number of hydrogen-bond donors (Lipinski definition) is 1. The highest BCUT2D eigenvalue weighted by molar-refractivity contribution is 6.31. The van der Waals surface area contributed by atoms with E-state index < -0.39 is 22.2 Å². The van der Waals surface area contributed by atoms with E-state index >= 15 is 0 Å². The molecule has 21 heavy (non-hydrogen) atoms. The molecule has 0 aliphatic heterocycles. The van der Waals surface area contributed by atoms with Gasteiger partial charge in [-0.25, -0.2) is 9.37 Å². The van der Waals surface area contributed by atoms with Crippen LogP contribution in [0.15, 0.2) is 24.4 Å². The SMILES string of the molecule is Cc1cnc(Cl)c(NCc2cc([N+](=O)[O-])c(F)cc2F)c1. The molecule has 0 radical (unpaired) electrons. The second-order valence-corrected chi connectivity index (χ2v) is 4.71. The standard InChI is InChI=1S/C13H10ClF2N3O2/c1-7-2-11(13(14)18-5-7)17-6-8-3-12(19(20)21)10(16)4-9(8)15/h2-5,17H,6H2,1H3. The monoisotopic (exact) mass is 313 g/mol. The number of pyridine rings is 1. The molecule has 2 rings (SSSR count). The zero-order chi connectivity index (χ0) is 15.6. The Kier molecular flexibility index (Phi) is 4.32. The van der Waals surface area contributed by atoms with Gasteiger partial charge in [0, 0.05) is 30.4 Å². The lowest BCUT2D eigenvalue weighted by molar-refractivity contribution is -0.387. The maximum Gasteiger partial charge on any atom is 0.305 e. The molecule has 1 N–H and O–H groups in total. The van der Waals surface area contributed by atoms with Gasteiger partial charge in [0.15, 0.2) is 5.15 Å². The van der Waals surface area contributed by atoms with Crippen LogP contribution in [0.3, 0.4) is 0 Å². The van der Waals surface area contributed by atoms with Crippen LogP contribution < -0.4 is 5.32 Å². The zero-order valence-electron chi connectivity index (χ0n) is 10.9. The number of anilines is 1. The molecular formula is C13H10ClF2N3O2. The summed E-state index contributed by atoms with van der Waals surface area (Å²) in [4.78, 5) is 13.7. The van der Waals surface area contributed by atoms with Gasteiger partial charge < -0.3 is 5.32 Å². The first-order valence-corrected chi connectivity index (χ1v) is 6.24. The van der Waals surface area contributed by atoms with Crippen LogP contribution in [0.25, 0.3) is 0 Å². The predicted octanol–water partition coefficient (Wildman–Crippen LogP) is 3.84. The molecule has 0 spiro atoms. The Balaban J connectivity index is 2.25. The van der Waals surface area contributed by atoms with E-state index in [9.17, 15) is 18.9 Å². The molecule has 8 heteroatoms. The minimum atomic E-state index is -1.21. The number of aromatic nitrogens is 1. The van der Waals surface area contributed by atoms with Crippen LogP contribution in [0.2, 0.25) is 5.15 Å². The van der Waals surface area contributed by atoms with E-state index in [1.807, 2.05) is 0 Å². The maximum atomic E-state index is 13.6. The number of halogens is 3. The van der Waals surface area contributed by atoms with Gasteiger partial charge in [-0.05, 0) is 18.6 Å². The van der Waals surface area contributed by atoms with E-state index in [2.05, 4.69) is 10.3 Å². The summed E-state index contributed by atoms with van der Waals surface area (Å²) in [7, 11) is 0. The molecule has 0 bridgehead atoms. The molecule has 5 nitrogen and oxygen atoms in total. The average Bonchev–Trinajstić information content (AvgIpc) is 2.41. The predicted molar refractivity (Wildman–Crippen MR) is 74.3 cm³/mol. The van der Waals surface area contributed by atoms with Crippen molar-refractivity contribution in [2.45, 2.75) is 13.5 Å². The Morgan fingerprint density at radius 3 is 2.71 bits per heavy atom. The summed E-state index contributed by atoms with van der Waals surface area (Å²) in [6.07, 6.45) is 1.57. The molecule has 1 aromatic carbocycles. The molecule has 0 aliphatic carbocycles. The Bertz CT molecular complexity index is 710. The van der Waals surface area contributed by atoms with Crippen LogP contribution >= 0.6 is 11.6 Å². The number of hydrogen-bond acceptors (Lipinski definition) is 4. The van der Waals surface area contributed by atoms with E-state index in [1.54, 1.807) is 19.2 Å². The van der Waals surface area contributed by atoms with Crippen molar-refractivity contribution in [3.05, 3.63) is 62.4 Å². The molecule has 0 atom stereocenters. The minimum Gasteiger partial charge on any atom is -0.378 e. The Labute approximate surface area is 123 Å². The molecule has 0 saturated carbocycles. The van der Waals surface area contributed by atoms with Crippen molar-refractivity contribution in [1.82, 2.24) is 4.98 Å². The quantitative estimate of drug-likeness (QED) is 0.529. The Morgan fingerprint density at radius 1 is 1.33 bits per heavy atom. The molecule has 2 aromatic rings. The largest absolute Gasteiger partial charge is 0.378 e. The van der Waals surface area contributed by atoms with Crippen molar-refractivity contribution in [2.75, 3.05) is 5.32 Å². The molecule has 0 unspecified atom stereocenters. The number of aryl methyl sites for hydroxylation is 1. The smallest absolute Gasteiger partial charge is 0.305 e. The second kappa shape index (κ2) is 6.01. The first-order chi connectivity index (χ1) is 9.88. The van der Waals surface area contributed by atoms with Gasteiger partial charge in [-0.2, -0.15) is 4.39 Å². The van der Waals surface area contributed by atoms with Crippen LogP contribution in [0.5, 0.6) is 0 Å². The van der Waals surface area contributed by atoms with E-state index in [4.69, 9.17) is 11.6 Å². The normalized spacial score (nSPS) is 10.5. The summed E-state index contributed by atoms with van der Waals surface area (Å²) in [5.41, 5.74) is 0.484. The summed E-state index contributed by atoms with van der Waals surface area (Å²) in [6, 6.07) is 3.05. The van der Waals surface area contributed by atoms with Crippen molar-refractivity contribution >= 4 is 23.0 Å². The van der Waals surface area contributed by atoms with Gasteiger partial charge in [0.2, 0.25) is 5.82 Å². The average molecular weight is 314 g/mol. The van der Waals surface area contributed by atoms with Gasteiger partial charge in [0.1, 0.15) is 5.82 Å². The highest BCUT2D eigenvalue weighted by Gasteiger charge is 2.18. The van der Waals surface area contributed by atoms with Gasteiger partial charge in [-0.1, -0.05) is 11.6 Å². The highest BCUT2D eigenvalue weighted by Crippen LogP contribution is 2.24. The van der Waals surface area contributed by atoms with E-state index in [0.29, 0.717) is 11.8 Å². The van der Waals surface area contributed by atoms with E-state index in [1.165, 1.54) is 0 Å².